The van der Waals surface area contributed by atoms with E-state index in [9.17, 15) is 4.79 Å². The highest BCUT2D eigenvalue weighted by Crippen LogP contribution is 2.22. The Morgan fingerprint density at radius 3 is 2.67 bits per heavy atom. The smallest absolute Gasteiger partial charge is 0.252 e. The lowest BCUT2D eigenvalue weighted by Gasteiger charge is -2.10. The number of halogens is 2. The minimum absolute atomic E-state index is 0.0856. The van der Waals surface area contributed by atoms with Crippen LogP contribution in [0.15, 0.2) is 53.0 Å². The molecule has 0 aliphatic rings. The van der Waals surface area contributed by atoms with E-state index in [2.05, 4.69) is 26.2 Å². The molecule has 2 aromatic carbocycles. The maximum atomic E-state index is 12.6. The van der Waals surface area contributed by atoms with Crippen molar-refractivity contribution < 1.29 is 4.79 Å². The van der Waals surface area contributed by atoms with Crippen molar-refractivity contribution in [2.45, 2.75) is 13.3 Å². The fourth-order valence-electron chi connectivity index (χ4n) is 2.58. The molecule has 0 aliphatic heterocycles. The summed E-state index contributed by atoms with van der Waals surface area (Å²) < 4.78 is 0.927. The monoisotopic (exact) mass is 402 g/mol. The number of aryl methyl sites for hydroxylation is 1. The number of hydrogen-bond acceptors (Lipinski definition) is 2. The standard InChI is InChI=1S/C19H16BrClN2O/c1-12-10-17(16-11-14(20)4-7-18(16)23-12)19(24)22-9-8-13-2-5-15(21)6-3-13/h2-7,10-11H,8-9H2,1H3,(H,22,24). The first kappa shape index (κ1) is 16.9. The summed E-state index contributed by atoms with van der Waals surface area (Å²) in [5.41, 5.74) is 3.43. The summed E-state index contributed by atoms with van der Waals surface area (Å²) in [6.45, 7) is 2.46. The van der Waals surface area contributed by atoms with Gasteiger partial charge in [-0.1, -0.05) is 39.7 Å². The van der Waals surface area contributed by atoms with E-state index < -0.39 is 0 Å². The van der Waals surface area contributed by atoms with Gasteiger partial charge in [0, 0.05) is 27.1 Å². The van der Waals surface area contributed by atoms with Crippen LogP contribution in [0, 0.1) is 6.92 Å². The van der Waals surface area contributed by atoms with Crippen LogP contribution in [0.3, 0.4) is 0 Å². The first-order chi connectivity index (χ1) is 11.5. The molecular weight excluding hydrogens is 388 g/mol. The number of amides is 1. The van der Waals surface area contributed by atoms with Crippen molar-refractivity contribution in [1.29, 1.82) is 0 Å². The molecule has 1 N–H and O–H groups in total. The van der Waals surface area contributed by atoms with Crippen LogP contribution in [0.1, 0.15) is 21.6 Å². The zero-order valence-electron chi connectivity index (χ0n) is 13.1. The summed E-state index contributed by atoms with van der Waals surface area (Å²) in [5, 5.41) is 4.55. The SMILES string of the molecule is Cc1cc(C(=O)NCCc2ccc(Cl)cc2)c2cc(Br)ccc2n1. The van der Waals surface area contributed by atoms with Crippen LogP contribution in [0.2, 0.25) is 5.02 Å². The Kier molecular flexibility index (Phi) is 5.17. The number of pyridine rings is 1. The summed E-state index contributed by atoms with van der Waals surface area (Å²) >= 11 is 9.33. The molecule has 0 radical (unpaired) electrons. The number of carbonyl (C=O) groups is 1. The zero-order chi connectivity index (χ0) is 17.1. The maximum absolute atomic E-state index is 12.6. The summed E-state index contributed by atoms with van der Waals surface area (Å²) in [7, 11) is 0. The third kappa shape index (κ3) is 3.94. The fourth-order valence-corrected chi connectivity index (χ4v) is 3.07. The second-order valence-electron chi connectivity index (χ2n) is 5.61. The first-order valence-corrected chi connectivity index (χ1v) is 8.79. The Bertz CT molecular complexity index is 894. The van der Waals surface area contributed by atoms with E-state index >= 15 is 0 Å². The van der Waals surface area contributed by atoms with E-state index in [1.54, 1.807) is 0 Å². The summed E-state index contributed by atoms with van der Waals surface area (Å²) in [5.74, 6) is -0.0856. The van der Waals surface area contributed by atoms with Gasteiger partial charge in [0.2, 0.25) is 0 Å². The number of nitrogens with one attached hydrogen (secondary N) is 1. The average molecular weight is 404 g/mol. The van der Waals surface area contributed by atoms with Crippen molar-refractivity contribution in [1.82, 2.24) is 10.3 Å². The average Bonchev–Trinajstić information content (AvgIpc) is 2.56. The highest BCUT2D eigenvalue weighted by atomic mass is 79.9. The largest absolute Gasteiger partial charge is 0.352 e. The molecule has 122 valence electrons. The van der Waals surface area contributed by atoms with Crippen LogP contribution < -0.4 is 5.32 Å². The lowest BCUT2D eigenvalue weighted by atomic mass is 10.1. The van der Waals surface area contributed by atoms with E-state index in [0.717, 1.165) is 33.1 Å². The molecule has 3 nitrogen and oxygen atoms in total. The second-order valence-corrected chi connectivity index (χ2v) is 6.96. The number of aromatic nitrogens is 1. The zero-order valence-corrected chi connectivity index (χ0v) is 15.5. The normalized spacial score (nSPS) is 10.8. The van der Waals surface area contributed by atoms with Crippen molar-refractivity contribution in [2.75, 3.05) is 6.54 Å². The molecule has 0 unspecified atom stereocenters. The molecule has 0 atom stereocenters. The van der Waals surface area contributed by atoms with Crippen molar-refractivity contribution in [3.8, 4) is 0 Å². The number of rotatable bonds is 4. The Labute approximate surface area is 154 Å². The van der Waals surface area contributed by atoms with E-state index in [4.69, 9.17) is 11.6 Å². The van der Waals surface area contributed by atoms with Crippen molar-refractivity contribution in [3.05, 3.63) is 74.8 Å². The Morgan fingerprint density at radius 2 is 1.92 bits per heavy atom. The molecule has 0 spiro atoms. The van der Waals surface area contributed by atoms with Gasteiger partial charge in [-0.15, -0.1) is 0 Å². The van der Waals surface area contributed by atoms with Gasteiger partial charge in [-0.05, 0) is 55.3 Å². The van der Waals surface area contributed by atoms with Gasteiger partial charge >= 0.3 is 0 Å². The number of nitrogens with zero attached hydrogens (tertiary/aromatic N) is 1. The molecule has 0 saturated carbocycles. The van der Waals surface area contributed by atoms with Gasteiger partial charge in [-0.25, -0.2) is 0 Å². The topological polar surface area (TPSA) is 42.0 Å². The third-order valence-corrected chi connectivity index (χ3v) is 4.50. The van der Waals surface area contributed by atoms with Crippen LogP contribution in [-0.4, -0.2) is 17.4 Å². The Balaban J connectivity index is 1.76. The minimum atomic E-state index is -0.0856. The number of carbonyl (C=O) groups excluding carboxylic acids is 1. The van der Waals surface area contributed by atoms with E-state index in [1.807, 2.05) is 55.5 Å². The third-order valence-electron chi connectivity index (χ3n) is 3.76. The highest BCUT2D eigenvalue weighted by Gasteiger charge is 2.12. The second kappa shape index (κ2) is 7.32. The fraction of sp³-hybridized carbons (Fsp3) is 0.158. The van der Waals surface area contributed by atoms with Crippen molar-refractivity contribution in [2.24, 2.45) is 0 Å². The van der Waals surface area contributed by atoms with Gasteiger partial charge in [-0.2, -0.15) is 0 Å². The molecule has 3 rings (SSSR count). The van der Waals surface area contributed by atoms with Crippen LogP contribution in [-0.2, 0) is 6.42 Å². The summed E-state index contributed by atoms with van der Waals surface area (Å²) in [6, 6.07) is 15.2. The highest BCUT2D eigenvalue weighted by molar-refractivity contribution is 9.10. The molecule has 1 heterocycles. The molecular formula is C19H16BrClN2O. The van der Waals surface area contributed by atoms with Crippen molar-refractivity contribution >= 4 is 44.3 Å². The van der Waals surface area contributed by atoms with Gasteiger partial charge in [0.1, 0.15) is 0 Å². The molecule has 0 aliphatic carbocycles. The molecule has 0 saturated heterocycles. The Morgan fingerprint density at radius 1 is 1.17 bits per heavy atom. The lowest BCUT2D eigenvalue weighted by molar-refractivity contribution is 0.0955. The van der Waals surface area contributed by atoms with E-state index in [0.29, 0.717) is 17.1 Å². The molecule has 0 bridgehead atoms. The van der Waals surface area contributed by atoms with Crippen LogP contribution in [0.5, 0.6) is 0 Å². The predicted octanol–water partition coefficient (Wildman–Crippen LogP) is 4.93. The molecule has 1 aromatic heterocycles. The molecule has 3 aromatic rings. The Hall–Kier alpha value is -1.91. The van der Waals surface area contributed by atoms with E-state index in [-0.39, 0.29) is 5.91 Å². The maximum Gasteiger partial charge on any atom is 0.252 e. The summed E-state index contributed by atoms with van der Waals surface area (Å²) in [4.78, 5) is 17.1. The van der Waals surface area contributed by atoms with Gasteiger partial charge in [-0.3, -0.25) is 9.78 Å². The molecule has 0 fully saturated rings. The molecule has 24 heavy (non-hydrogen) atoms. The summed E-state index contributed by atoms with van der Waals surface area (Å²) in [6.07, 6.45) is 0.759. The number of benzene rings is 2. The number of hydrogen-bond donors (Lipinski definition) is 1. The van der Waals surface area contributed by atoms with Crippen molar-refractivity contribution in [3.63, 3.8) is 0 Å². The van der Waals surface area contributed by atoms with E-state index in [1.165, 1.54) is 0 Å². The van der Waals surface area contributed by atoms with Crippen LogP contribution >= 0.6 is 27.5 Å². The van der Waals surface area contributed by atoms with Gasteiger partial charge < -0.3 is 5.32 Å². The van der Waals surface area contributed by atoms with Crippen LogP contribution in [0.4, 0.5) is 0 Å². The number of fused-ring (bicyclic) bond motifs is 1. The molecule has 1 amide bonds. The lowest BCUT2D eigenvalue weighted by Crippen LogP contribution is -2.26. The minimum Gasteiger partial charge on any atom is -0.352 e. The van der Waals surface area contributed by atoms with Gasteiger partial charge in [0.15, 0.2) is 0 Å². The predicted molar refractivity (Wildman–Crippen MR) is 102 cm³/mol. The van der Waals surface area contributed by atoms with Gasteiger partial charge in [0.05, 0.1) is 11.1 Å². The molecule has 5 heteroatoms. The quantitative estimate of drug-likeness (QED) is 0.671. The van der Waals surface area contributed by atoms with Gasteiger partial charge in [0.25, 0.3) is 5.91 Å². The van der Waals surface area contributed by atoms with Crippen LogP contribution in [0.25, 0.3) is 10.9 Å². The first-order valence-electron chi connectivity index (χ1n) is 7.62.